The molecule has 0 aliphatic carbocycles. The molecule has 6 nitrogen and oxygen atoms in total. The van der Waals surface area contributed by atoms with Gasteiger partial charge in [0.15, 0.2) is 5.96 Å². The van der Waals surface area contributed by atoms with E-state index in [-0.39, 0.29) is 12.2 Å². The van der Waals surface area contributed by atoms with Crippen LogP contribution in [0.15, 0.2) is 23.3 Å². The highest BCUT2D eigenvalue weighted by atomic mass is 16.5. The summed E-state index contributed by atoms with van der Waals surface area (Å²) >= 11 is 0. The van der Waals surface area contributed by atoms with Gasteiger partial charge in [0.1, 0.15) is 5.82 Å². The lowest BCUT2D eigenvalue weighted by molar-refractivity contribution is -0.00545. The van der Waals surface area contributed by atoms with Gasteiger partial charge in [0.05, 0.1) is 18.8 Å². The molecule has 2 rings (SSSR count). The van der Waals surface area contributed by atoms with Gasteiger partial charge in [0.2, 0.25) is 0 Å². The van der Waals surface area contributed by atoms with Crippen LogP contribution >= 0.6 is 0 Å². The quantitative estimate of drug-likeness (QED) is 0.616. The van der Waals surface area contributed by atoms with Crippen molar-refractivity contribution in [2.75, 3.05) is 24.5 Å². The lowest BCUT2D eigenvalue weighted by Gasteiger charge is -2.36. The molecule has 0 saturated carbocycles. The van der Waals surface area contributed by atoms with Gasteiger partial charge in [0.25, 0.3) is 0 Å². The summed E-state index contributed by atoms with van der Waals surface area (Å²) in [6, 6.07) is 4.12. The number of anilines is 1. The first kappa shape index (κ1) is 18.5. The fraction of sp³-hybridized carbons (Fsp3) is 0.667. The Hall–Kier alpha value is -1.82. The molecule has 3 N–H and O–H groups in total. The maximum absolute atomic E-state index is 5.88. The minimum atomic E-state index is 0.233. The van der Waals surface area contributed by atoms with Gasteiger partial charge in [-0.05, 0) is 37.8 Å². The van der Waals surface area contributed by atoms with Crippen molar-refractivity contribution in [3.63, 3.8) is 0 Å². The predicted molar refractivity (Wildman–Crippen MR) is 99.2 cm³/mol. The summed E-state index contributed by atoms with van der Waals surface area (Å²) in [6.45, 7) is 11.7. The first-order valence-corrected chi connectivity index (χ1v) is 8.83. The second-order valence-electron chi connectivity index (χ2n) is 7.00. The first-order valence-electron chi connectivity index (χ1n) is 8.83. The van der Waals surface area contributed by atoms with E-state index < -0.39 is 0 Å². The van der Waals surface area contributed by atoms with Crippen molar-refractivity contribution >= 4 is 11.8 Å². The van der Waals surface area contributed by atoms with Gasteiger partial charge >= 0.3 is 0 Å². The van der Waals surface area contributed by atoms with Crippen molar-refractivity contribution in [1.82, 2.24) is 10.3 Å². The van der Waals surface area contributed by atoms with Crippen LogP contribution in [-0.2, 0) is 11.3 Å². The van der Waals surface area contributed by atoms with Crippen molar-refractivity contribution in [2.24, 2.45) is 16.6 Å². The number of rotatable bonds is 6. The third kappa shape index (κ3) is 6.00. The van der Waals surface area contributed by atoms with Crippen LogP contribution < -0.4 is 16.0 Å². The van der Waals surface area contributed by atoms with Crippen LogP contribution in [0.1, 0.15) is 39.7 Å². The summed E-state index contributed by atoms with van der Waals surface area (Å²) in [5.41, 5.74) is 6.94. The van der Waals surface area contributed by atoms with Crippen LogP contribution in [0.5, 0.6) is 0 Å². The van der Waals surface area contributed by atoms with Crippen molar-refractivity contribution < 1.29 is 4.74 Å². The molecule has 24 heavy (non-hydrogen) atoms. The van der Waals surface area contributed by atoms with Crippen LogP contribution in [0.3, 0.4) is 0 Å². The van der Waals surface area contributed by atoms with E-state index in [4.69, 9.17) is 10.5 Å². The van der Waals surface area contributed by atoms with Crippen LogP contribution in [0, 0.1) is 5.92 Å². The van der Waals surface area contributed by atoms with Crippen LogP contribution in [0.25, 0.3) is 0 Å². The molecule has 1 fully saturated rings. The third-order valence-corrected chi connectivity index (χ3v) is 4.01. The normalized spacial score (nSPS) is 22.0. The Balaban J connectivity index is 1.85. The molecular weight excluding hydrogens is 302 g/mol. The molecule has 2 heterocycles. The molecule has 2 unspecified atom stereocenters. The molecule has 1 saturated heterocycles. The van der Waals surface area contributed by atoms with E-state index in [0.717, 1.165) is 37.4 Å². The third-order valence-electron chi connectivity index (χ3n) is 4.01. The fourth-order valence-electron chi connectivity index (χ4n) is 2.78. The number of nitrogens with zero attached hydrogens (tertiary/aromatic N) is 3. The number of hydrogen-bond acceptors (Lipinski definition) is 4. The lowest BCUT2D eigenvalue weighted by Crippen LogP contribution is -2.45. The van der Waals surface area contributed by atoms with Crippen molar-refractivity contribution in [3.05, 3.63) is 23.9 Å². The zero-order valence-electron chi connectivity index (χ0n) is 15.3. The molecule has 2 atom stereocenters. The van der Waals surface area contributed by atoms with Gasteiger partial charge in [-0.25, -0.2) is 9.98 Å². The molecule has 0 amide bonds. The van der Waals surface area contributed by atoms with E-state index >= 15 is 0 Å². The molecule has 6 heteroatoms. The van der Waals surface area contributed by atoms with Crippen LogP contribution in [0.4, 0.5) is 5.82 Å². The second kappa shape index (κ2) is 8.87. The maximum atomic E-state index is 5.88. The average molecular weight is 333 g/mol. The number of nitrogens with one attached hydrogen (secondary N) is 1. The zero-order chi connectivity index (χ0) is 17.5. The minimum Gasteiger partial charge on any atom is -0.372 e. The van der Waals surface area contributed by atoms with E-state index in [2.05, 4.69) is 60.0 Å². The van der Waals surface area contributed by atoms with Gasteiger partial charge in [-0.1, -0.05) is 19.9 Å². The van der Waals surface area contributed by atoms with Gasteiger partial charge in [-0.3, -0.25) is 0 Å². The maximum Gasteiger partial charge on any atom is 0.188 e. The van der Waals surface area contributed by atoms with E-state index in [9.17, 15) is 0 Å². The molecular formula is C18H31N5O. The Morgan fingerprint density at radius 2 is 2.08 bits per heavy atom. The zero-order valence-corrected chi connectivity index (χ0v) is 15.3. The number of nitrogens with two attached hydrogens (primary N) is 1. The number of morpholine rings is 1. The average Bonchev–Trinajstić information content (AvgIpc) is 2.52. The summed E-state index contributed by atoms with van der Waals surface area (Å²) in [7, 11) is 0. The molecule has 0 bridgehead atoms. The van der Waals surface area contributed by atoms with E-state index in [0.29, 0.717) is 18.4 Å². The second-order valence-corrected chi connectivity index (χ2v) is 7.00. The predicted octanol–water partition coefficient (Wildman–Crippen LogP) is 2.15. The molecule has 0 aromatic carbocycles. The van der Waals surface area contributed by atoms with Crippen molar-refractivity contribution in [3.8, 4) is 0 Å². The van der Waals surface area contributed by atoms with Gasteiger partial charge in [0, 0.05) is 25.8 Å². The summed E-state index contributed by atoms with van der Waals surface area (Å²) in [4.78, 5) is 11.2. The highest BCUT2D eigenvalue weighted by molar-refractivity contribution is 5.77. The van der Waals surface area contributed by atoms with Gasteiger partial charge in [-0.2, -0.15) is 0 Å². The molecule has 134 valence electrons. The minimum absolute atomic E-state index is 0.233. The number of aliphatic imine (C=N–C) groups is 1. The smallest absolute Gasteiger partial charge is 0.188 e. The lowest BCUT2D eigenvalue weighted by atomic mass is 10.1. The van der Waals surface area contributed by atoms with E-state index in [1.165, 1.54) is 0 Å². The molecule has 1 aliphatic heterocycles. The molecule has 1 aromatic heterocycles. The Bertz CT molecular complexity index is 519. The first-order chi connectivity index (χ1) is 11.4. The topological polar surface area (TPSA) is 75.8 Å². The molecule has 1 aliphatic rings. The fourth-order valence-corrected chi connectivity index (χ4v) is 2.78. The summed E-state index contributed by atoms with van der Waals surface area (Å²) in [5, 5.41) is 3.14. The number of hydrogen-bond donors (Lipinski definition) is 2. The number of guanidine groups is 1. The highest BCUT2D eigenvalue weighted by Gasteiger charge is 2.22. The summed E-state index contributed by atoms with van der Waals surface area (Å²) in [5.74, 6) is 2.15. The Morgan fingerprint density at radius 3 is 2.67 bits per heavy atom. The standard InChI is InChI=1S/C18H31N5O/c1-13(2)7-8-20-18(19)22-10-16-5-6-17(21-9-16)23-11-14(3)24-15(4)12-23/h5-6,9,13-15H,7-8,10-12H2,1-4H3,(H3,19,20,22). The molecule has 1 aromatic rings. The monoisotopic (exact) mass is 333 g/mol. The van der Waals surface area contributed by atoms with E-state index in [1.807, 2.05) is 6.20 Å². The van der Waals surface area contributed by atoms with E-state index in [1.54, 1.807) is 0 Å². The van der Waals surface area contributed by atoms with Crippen molar-refractivity contribution in [1.29, 1.82) is 0 Å². The largest absolute Gasteiger partial charge is 0.372 e. The van der Waals surface area contributed by atoms with Crippen LogP contribution in [-0.4, -0.2) is 42.8 Å². The highest BCUT2D eigenvalue weighted by Crippen LogP contribution is 2.18. The van der Waals surface area contributed by atoms with Gasteiger partial charge < -0.3 is 20.7 Å². The Morgan fingerprint density at radius 1 is 1.38 bits per heavy atom. The summed E-state index contributed by atoms with van der Waals surface area (Å²) in [6.07, 6.45) is 3.43. The molecule has 0 radical (unpaired) electrons. The van der Waals surface area contributed by atoms with Gasteiger partial charge in [-0.15, -0.1) is 0 Å². The Labute approximate surface area is 145 Å². The Kier molecular flexibility index (Phi) is 6.85. The van der Waals surface area contributed by atoms with Crippen molar-refractivity contribution in [2.45, 2.75) is 52.9 Å². The molecule has 0 spiro atoms. The number of aromatic nitrogens is 1. The SMILES string of the molecule is CC(C)CCNC(N)=NCc1ccc(N2CC(C)OC(C)C2)nc1. The van der Waals surface area contributed by atoms with Crippen LogP contribution in [0.2, 0.25) is 0 Å². The number of pyridine rings is 1. The number of ether oxygens (including phenoxy) is 1. The summed E-state index contributed by atoms with van der Waals surface area (Å²) < 4.78 is 5.77.